The van der Waals surface area contributed by atoms with Crippen LogP contribution in [0, 0.1) is 10.8 Å². The minimum absolute atomic E-state index is 0.290. The summed E-state index contributed by atoms with van der Waals surface area (Å²) in [6, 6.07) is 67.1. The molecule has 0 aliphatic heterocycles. The quantitative estimate of drug-likeness (QED) is 0.0235. The molecule has 12 aromatic rings. The highest BCUT2D eigenvalue weighted by atomic mass is 35.5. The van der Waals surface area contributed by atoms with Gasteiger partial charge in [0.2, 0.25) is 0 Å². The molecule has 4 heterocycles. The molecule has 30 heteroatoms. The van der Waals surface area contributed by atoms with E-state index in [1.54, 1.807) is 264 Å². The summed E-state index contributed by atoms with van der Waals surface area (Å²) in [7, 11) is 1.59. The molecule has 14 N–H and O–H groups in total. The summed E-state index contributed by atoms with van der Waals surface area (Å²) in [5.41, 5.74) is 20.2. The molecule has 118 heavy (non-hydrogen) atoms. The molecule has 0 unspecified atom stereocenters. The van der Waals surface area contributed by atoms with Crippen LogP contribution in [0.1, 0.15) is 145 Å². The van der Waals surface area contributed by atoms with Crippen LogP contribution in [-0.2, 0) is 0 Å². The maximum Gasteiger partial charge on any atom is 0.258 e. The number of carbonyl (C=O) groups is 8. The smallest absolute Gasteiger partial charge is 0.258 e. The van der Waals surface area contributed by atoms with E-state index < -0.39 is 23.6 Å². The zero-order valence-electron chi connectivity index (χ0n) is 63.4. The molecule has 13 rings (SSSR count). The summed E-state index contributed by atoms with van der Waals surface area (Å²) in [5, 5.41) is 38.9. The maximum absolute atomic E-state index is 12.8. The van der Waals surface area contributed by atoms with Crippen LogP contribution in [0.2, 0.25) is 20.1 Å². The normalized spacial score (nSPS) is 11.5. The number of nitrogens with one attached hydrogen (secondary N) is 10. The first-order valence-corrected chi connectivity index (χ1v) is 37.8. The molecule has 1 saturated carbocycles. The molecule has 0 bridgehead atoms. The Balaban J connectivity index is 0.000000166. The molecule has 0 spiro atoms. The fraction of sp³-hybridized carbons (Fsp3) is 0.0909. The Kier molecular flexibility index (Phi) is 30.7. The summed E-state index contributed by atoms with van der Waals surface area (Å²) in [6.07, 6.45) is 10.3. The third-order valence-corrected chi connectivity index (χ3v) is 18.4. The number of amidine groups is 2. The molecule has 8 amide bonds. The van der Waals surface area contributed by atoms with E-state index in [9.17, 15) is 38.4 Å². The van der Waals surface area contributed by atoms with Crippen molar-refractivity contribution < 1.29 is 38.4 Å². The van der Waals surface area contributed by atoms with Crippen LogP contribution in [0.5, 0.6) is 0 Å². The Morgan fingerprint density at radius 3 is 0.771 bits per heavy atom. The highest BCUT2D eigenvalue weighted by Gasteiger charge is 2.22. The molecule has 1 aliphatic rings. The molecular weight excluding hydrogens is 1580 g/mol. The number of aromatic nitrogens is 4. The van der Waals surface area contributed by atoms with Crippen molar-refractivity contribution >= 4 is 163 Å². The van der Waals surface area contributed by atoms with E-state index >= 15 is 0 Å². The van der Waals surface area contributed by atoms with Crippen molar-refractivity contribution in [3.63, 3.8) is 0 Å². The van der Waals surface area contributed by atoms with E-state index in [2.05, 4.69) is 72.5 Å². The third kappa shape index (κ3) is 25.0. The van der Waals surface area contributed by atoms with Crippen molar-refractivity contribution in [2.24, 2.45) is 21.5 Å². The number of benzene rings is 8. The van der Waals surface area contributed by atoms with Crippen LogP contribution in [0.4, 0.5) is 46.0 Å². The van der Waals surface area contributed by atoms with Crippen molar-refractivity contribution in [2.75, 3.05) is 49.6 Å². The summed E-state index contributed by atoms with van der Waals surface area (Å²) in [6.45, 7) is 3.36. The number of hydrogen-bond donors (Lipinski definition) is 12. The lowest BCUT2D eigenvalue weighted by molar-refractivity contribution is 0.101. The van der Waals surface area contributed by atoms with E-state index in [4.69, 9.17) is 68.7 Å². The van der Waals surface area contributed by atoms with Gasteiger partial charge < -0.3 is 64.8 Å². The average Bonchev–Trinajstić information content (AvgIpc) is 0.876. The summed E-state index contributed by atoms with van der Waals surface area (Å²) in [4.78, 5) is 126. The molecule has 8 aromatic carbocycles. The third-order valence-electron chi connectivity index (χ3n) is 17.5. The predicted molar refractivity (Wildman–Crippen MR) is 467 cm³/mol. The van der Waals surface area contributed by atoms with Crippen molar-refractivity contribution in [3.8, 4) is 0 Å². The maximum atomic E-state index is 12.8. The first-order valence-electron chi connectivity index (χ1n) is 36.3. The standard InChI is InChI=1S/C25H24ClN5O2.C21H18ClN5O2.2C21H17ClN4O2/c26-18-13-14-22(28-15-18)31-25(33)20-7-3-4-8-21(20)30-24(32)17-11-9-16(10-12-17)23(27)29-19-5-1-2-6-19;1-24-19(23)13-6-8-14(9-7-13)20(28)26-17-5-3-2-4-16(17)21(29)27-18-11-10-15(22)12-25-18;2*1-13(23)14-6-8-15(9-7-14)20(27)25-18-5-3-2-4-17(18)21(28)26-19-11-10-16(22)12-24-19/h3-4,7-15,19H,1-2,5-6H2,(H2,27,29)(H,30,32)(H,28,31,33);2-12H,1H3,(H2,23,24)(H,26,28)(H,25,27,29);2*2-12,23H,1H3,(H,25,27)(H,24,26,28). The lowest BCUT2D eigenvalue weighted by atomic mass is 10.1. The van der Waals surface area contributed by atoms with Crippen molar-refractivity contribution in [3.05, 3.63) is 354 Å². The lowest BCUT2D eigenvalue weighted by Gasteiger charge is -2.12. The van der Waals surface area contributed by atoms with Crippen LogP contribution >= 0.6 is 46.4 Å². The van der Waals surface area contributed by atoms with Crippen LogP contribution < -0.4 is 54.0 Å². The second-order valence-electron chi connectivity index (χ2n) is 25.9. The fourth-order valence-corrected chi connectivity index (χ4v) is 11.7. The SMILES string of the molecule is CC(=N)c1ccc(C(=O)Nc2ccccc2C(=O)Nc2ccc(Cl)cn2)cc1.CC(=N)c1ccc(C(=O)Nc2ccccc2C(=O)Nc2ccc(Cl)cn2)cc1.CN=C(N)c1ccc(C(=O)Nc2ccccc2C(=O)Nc2ccc(Cl)cn2)cc1.NC(=NC1CCCC1)c1ccc(C(=O)Nc2ccccc2C(=O)Nc2ccc(Cl)cn2)cc1. The van der Waals surface area contributed by atoms with Crippen LogP contribution in [0.25, 0.3) is 0 Å². The topological polar surface area (TPSA) is 409 Å². The zero-order valence-corrected chi connectivity index (χ0v) is 66.4. The molecule has 0 atom stereocenters. The van der Waals surface area contributed by atoms with Crippen LogP contribution in [0.15, 0.2) is 277 Å². The van der Waals surface area contributed by atoms with Gasteiger partial charge in [-0.3, -0.25) is 48.3 Å². The van der Waals surface area contributed by atoms with Gasteiger partial charge in [-0.2, -0.15) is 0 Å². The Bertz CT molecular complexity index is 5530. The molecule has 594 valence electrons. The highest BCUT2D eigenvalue weighted by molar-refractivity contribution is 6.31. The van der Waals surface area contributed by atoms with Gasteiger partial charge >= 0.3 is 0 Å². The van der Waals surface area contributed by atoms with E-state index in [-0.39, 0.29) is 23.6 Å². The van der Waals surface area contributed by atoms with Crippen LogP contribution in [0.3, 0.4) is 0 Å². The number of para-hydroxylation sites is 4. The van der Waals surface area contributed by atoms with Gasteiger partial charge in [0, 0.05) is 76.6 Å². The number of amides is 8. The number of nitrogens with two attached hydrogens (primary N) is 2. The zero-order chi connectivity index (χ0) is 84.2. The number of nitrogens with zero attached hydrogens (tertiary/aromatic N) is 6. The van der Waals surface area contributed by atoms with E-state index in [1.807, 2.05) is 0 Å². The molecular formula is C88H76Cl4N18O8. The average molecular weight is 1660 g/mol. The predicted octanol–water partition coefficient (Wildman–Crippen LogP) is 17.7. The van der Waals surface area contributed by atoms with Crippen molar-refractivity contribution in [1.82, 2.24) is 19.9 Å². The number of anilines is 8. The van der Waals surface area contributed by atoms with E-state index in [0.717, 1.165) is 35.1 Å². The lowest BCUT2D eigenvalue weighted by Crippen LogP contribution is -2.19. The Morgan fingerprint density at radius 1 is 0.314 bits per heavy atom. The number of hydrogen-bond acceptors (Lipinski definition) is 16. The minimum Gasteiger partial charge on any atom is -0.384 e. The Hall–Kier alpha value is -14.4. The molecule has 26 nitrogen and oxygen atoms in total. The van der Waals surface area contributed by atoms with Gasteiger partial charge in [-0.15, -0.1) is 0 Å². The number of carbonyl (C=O) groups excluding carboxylic acids is 8. The number of pyridine rings is 4. The number of aliphatic imine (C=N–C) groups is 2. The van der Waals surface area contributed by atoms with Crippen LogP contribution in [-0.4, -0.2) is 103 Å². The van der Waals surface area contributed by atoms with Crippen molar-refractivity contribution in [1.29, 1.82) is 10.8 Å². The first-order chi connectivity index (χ1) is 56.8. The Labute approximate surface area is 698 Å². The second kappa shape index (κ2) is 42.1. The molecule has 1 aliphatic carbocycles. The molecule has 0 saturated heterocycles. The van der Waals surface area contributed by atoms with E-state index in [0.29, 0.717) is 140 Å². The monoisotopic (exact) mass is 1650 g/mol. The van der Waals surface area contributed by atoms with Gasteiger partial charge in [-0.05, 0) is 183 Å². The molecule has 0 radical (unpaired) electrons. The summed E-state index contributed by atoms with van der Waals surface area (Å²) < 4.78 is 0. The summed E-state index contributed by atoms with van der Waals surface area (Å²) >= 11 is 23.2. The van der Waals surface area contributed by atoms with Gasteiger partial charge in [0.1, 0.15) is 34.9 Å². The number of halogens is 4. The largest absolute Gasteiger partial charge is 0.384 e. The second-order valence-corrected chi connectivity index (χ2v) is 27.6. The summed E-state index contributed by atoms with van der Waals surface area (Å²) in [5.74, 6) is -0.692. The van der Waals surface area contributed by atoms with Gasteiger partial charge in [0.05, 0.1) is 71.1 Å². The van der Waals surface area contributed by atoms with Gasteiger partial charge in [0.15, 0.2) is 0 Å². The van der Waals surface area contributed by atoms with Crippen molar-refractivity contribution in [2.45, 2.75) is 45.6 Å². The Morgan fingerprint density at radius 2 is 0.542 bits per heavy atom. The van der Waals surface area contributed by atoms with Gasteiger partial charge in [0.25, 0.3) is 47.3 Å². The number of rotatable bonds is 21. The van der Waals surface area contributed by atoms with Gasteiger partial charge in [-0.1, -0.05) is 156 Å². The minimum atomic E-state index is -0.405. The molecule has 4 aromatic heterocycles. The fourth-order valence-electron chi connectivity index (χ4n) is 11.2. The highest BCUT2D eigenvalue weighted by Crippen LogP contribution is 2.27. The van der Waals surface area contributed by atoms with E-state index in [1.165, 1.54) is 37.6 Å². The first kappa shape index (κ1) is 86.0. The van der Waals surface area contributed by atoms with Gasteiger partial charge in [-0.25, -0.2) is 19.9 Å². The molecule has 1 fully saturated rings.